The van der Waals surface area contributed by atoms with E-state index in [9.17, 15) is 14.0 Å². The third-order valence-corrected chi connectivity index (χ3v) is 6.38. The second-order valence-corrected chi connectivity index (χ2v) is 9.07. The van der Waals surface area contributed by atoms with E-state index in [2.05, 4.69) is 6.92 Å². The lowest BCUT2D eigenvalue weighted by Gasteiger charge is -2.37. The van der Waals surface area contributed by atoms with Crippen molar-refractivity contribution < 1.29 is 18.7 Å². The van der Waals surface area contributed by atoms with Gasteiger partial charge in [-0.1, -0.05) is 19.1 Å². The number of esters is 1. The normalized spacial score (nSPS) is 21.8. The van der Waals surface area contributed by atoms with Crippen molar-refractivity contribution in [2.75, 3.05) is 4.90 Å². The van der Waals surface area contributed by atoms with Crippen LogP contribution in [0.5, 0.6) is 0 Å². The van der Waals surface area contributed by atoms with Gasteiger partial charge >= 0.3 is 5.97 Å². The molecule has 1 aliphatic rings. The Morgan fingerprint density at radius 2 is 2.00 bits per heavy atom. The highest BCUT2D eigenvalue weighted by Gasteiger charge is 2.39. The predicted octanol–water partition coefficient (Wildman–Crippen LogP) is 5.66. The first kappa shape index (κ1) is 21.5. The summed E-state index contributed by atoms with van der Waals surface area (Å²) in [4.78, 5) is 27.8. The van der Waals surface area contributed by atoms with E-state index in [1.165, 1.54) is 30.4 Å². The van der Waals surface area contributed by atoms with Crippen LogP contribution >= 0.6 is 11.3 Å². The number of carbonyl (C=O) groups is 2. The highest BCUT2D eigenvalue weighted by atomic mass is 32.1. The summed E-state index contributed by atoms with van der Waals surface area (Å²) in [6.45, 7) is 7.47. The van der Waals surface area contributed by atoms with Crippen LogP contribution in [0.15, 0.2) is 35.7 Å². The van der Waals surface area contributed by atoms with E-state index in [0.717, 1.165) is 22.5 Å². The van der Waals surface area contributed by atoms with Crippen molar-refractivity contribution in [3.8, 4) is 10.4 Å². The Labute approximate surface area is 175 Å². The summed E-state index contributed by atoms with van der Waals surface area (Å²) in [7, 11) is 0. The molecule has 4 nitrogen and oxygen atoms in total. The van der Waals surface area contributed by atoms with Crippen LogP contribution in [-0.2, 0) is 14.3 Å². The first-order chi connectivity index (χ1) is 13.8. The summed E-state index contributed by atoms with van der Waals surface area (Å²) >= 11 is 1.49. The molecule has 156 valence electrons. The third kappa shape index (κ3) is 5.04. The van der Waals surface area contributed by atoms with Crippen molar-refractivity contribution in [1.29, 1.82) is 0 Å². The number of halogens is 1. The van der Waals surface area contributed by atoms with Crippen LogP contribution < -0.4 is 4.90 Å². The Morgan fingerprint density at radius 1 is 1.24 bits per heavy atom. The van der Waals surface area contributed by atoms with Crippen molar-refractivity contribution in [3.05, 3.63) is 41.5 Å². The summed E-state index contributed by atoms with van der Waals surface area (Å²) in [6, 6.07) is 8.35. The number of benzene rings is 1. The molecule has 1 aliphatic carbocycles. The Kier molecular flexibility index (Phi) is 6.73. The molecule has 1 amide bonds. The van der Waals surface area contributed by atoms with Crippen LogP contribution in [-0.4, -0.2) is 24.0 Å². The summed E-state index contributed by atoms with van der Waals surface area (Å²) in [5.74, 6) is -0.551. The Bertz CT molecular complexity index is 879. The maximum atomic E-state index is 13.6. The molecule has 0 aliphatic heterocycles. The number of thiophene rings is 1. The SMILES string of the molecule is CC(=O)OC1CC(C)CCC1C(=O)N(c1csc(-c2cccc(F)c2)c1)C(C)C. The first-order valence-corrected chi connectivity index (χ1v) is 11.0. The molecule has 1 aromatic heterocycles. The van der Waals surface area contributed by atoms with Crippen molar-refractivity contribution in [2.24, 2.45) is 11.8 Å². The average Bonchev–Trinajstić information content (AvgIpc) is 3.10. The summed E-state index contributed by atoms with van der Waals surface area (Å²) < 4.78 is 19.1. The predicted molar refractivity (Wildman–Crippen MR) is 114 cm³/mol. The minimum Gasteiger partial charge on any atom is -0.462 e. The molecule has 1 saturated carbocycles. The monoisotopic (exact) mass is 417 g/mol. The topological polar surface area (TPSA) is 46.6 Å². The minimum absolute atomic E-state index is 0.0123. The summed E-state index contributed by atoms with van der Waals surface area (Å²) in [5, 5.41) is 1.93. The van der Waals surface area contributed by atoms with Crippen LogP contribution in [0.4, 0.5) is 10.1 Å². The zero-order valence-corrected chi connectivity index (χ0v) is 18.2. The molecule has 1 aromatic carbocycles. The zero-order valence-electron chi connectivity index (χ0n) is 17.4. The molecule has 6 heteroatoms. The van der Waals surface area contributed by atoms with Gasteiger partial charge in [-0.05, 0) is 62.8 Å². The van der Waals surface area contributed by atoms with Gasteiger partial charge in [-0.3, -0.25) is 9.59 Å². The summed E-state index contributed by atoms with van der Waals surface area (Å²) in [5.41, 5.74) is 1.59. The van der Waals surface area contributed by atoms with Gasteiger partial charge in [0.05, 0.1) is 11.6 Å². The van der Waals surface area contributed by atoms with Crippen LogP contribution in [0.25, 0.3) is 10.4 Å². The molecule has 2 aromatic rings. The van der Waals surface area contributed by atoms with E-state index < -0.39 is 0 Å². The lowest BCUT2D eigenvalue weighted by atomic mass is 9.79. The first-order valence-electron chi connectivity index (χ1n) is 10.1. The van der Waals surface area contributed by atoms with Gasteiger partial charge in [0.15, 0.2) is 0 Å². The van der Waals surface area contributed by atoms with E-state index >= 15 is 0 Å². The van der Waals surface area contributed by atoms with Crippen LogP contribution in [0.3, 0.4) is 0 Å². The minimum atomic E-state index is -0.383. The molecule has 0 radical (unpaired) electrons. The van der Waals surface area contributed by atoms with Gasteiger partial charge in [-0.15, -0.1) is 11.3 Å². The fraction of sp³-hybridized carbons (Fsp3) is 0.478. The van der Waals surface area contributed by atoms with Crippen molar-refractivity contribution in [1.82, 2.24) is 0 Å². The van der Waals surface area contributed by atoms with Crippen LogP contribution in [0.1, 0.15) is 47.0 Å². The third-order valence-electron chi connectivity index (χ3n) is 5.42. The van der Waals surface area contributed by atoms with Gasteiger partial charge < -0.3 is 9.64 Å². The highest BCUT2D eigenvalue weighted by Crippen LogP contribution is 2.37. The molecule has 3 atom stereocenters. The van der Waals surface area contributed by atoms with E-state index in [4.69, 9.17) is 4.74 Å². The molecular formula is C23H28FNO3S. The van der Waals surface area contributed by atoms with Gasteiger partial charge in [0.2, 0.25) is 5.91 Å². The van der Waals surface area contributed by atoms with E-state index in [1.807, 2.05) is 31.4 Å². The van der Waals surface area contributed by atoms with Gasteiger partial charge in [-0.2, -0.15) is 0 Å². The van der Waals surface area contributed by atoms with Crippen LogP contribution in [0.2, 0.25) is 0 Å². The number of anilines is 1. The summed E-state index contributed by atoms with van der Waals surface area (Å²) in [6.07, 6.45) is 1.98. The van der Waals surface area contributed by atoms with Crippen LogP contribution in [0, 0.1) is 17.7 Å². The van der Waals surface area contributed by atoms with Crippen molar-refractivity contribution >= 4 is 28.9 Å². The number of nitrogens with zero attached hydrogens (tertiary/aromatic N) is 1. The largest absolute Gasteiger partial charge is 0.462 e. The standard InChI is InChI=1S/C23H28FNO3S/c1-14(2)25(19-12-22(29-13-19)17-6-5-7-18(24)11-17)23(27)20-9-8-15(3)10-21(20)28-16(4)26/h5-7,11-15,20-21H,8-10H2,1-4H3. The Morgan fingerprint density at radius 3 is 2.66 bits per heavy atom. The van der Waals surface area contributed by atoms with E-state index in [0.29, 0.717) is 18.8 Å². The number of hydrogen-bond acceptors (Lipinski definition) is 4. The number of amides is 1. The Balaban J connectivity index is 1.87. The quantitative estimate of drug-likeness (QED) is 0.590. The smallest absolute Gasteiger partial charge is 0.302 e. The maximum absolute atomic E-state index is 13.6. The second-order valence-electron chi connectivity index (χ2n) is 8.15. The molecule has 3 unspecified atom stereocenters. The molecule has 1 fully saturated rings. The zero-order chi connectivity index (χ0) is 21.1. The van der Waals surface area contributed by atoms with E-state index in [-0.39, 0.29) is 35.8 Å². The molecule has 0 saturated heterocycles. The van der Waals surface area contributed by atoms with Gasteiger partial charge in [-0.25, -0.2) is 4.39 Å². The van der Waals surface area contributed by atoms with Gasteiger partial charge in [0, 0.05) is 23.2 Å². The lowest BCUT2D eigenvalue weighted by Crippen LogP contribution is -2.47. The highest BCUT2D eigenvalue weighted by molar-refractivity contribution is 7.14. The van der Waals surface area contributed by atoms with E-state index in [1.54, 1.807) is 11.0 Å². The lowest BCUT2D eigenvalue weighted by molar-refractivity contribution is -0.154. The number of carbonyl (C=O) groups excluding carboxylic acids is 2. The van der Waals surface area contributed by atoms with Crippen molar-refractivity contribution in [3.63, 3.8) is 0 Å². The molecule has 0 bridgehead atoms. The number of hydrogen-bond donors (Lipinski definition) is 0. The molecule has 0 spiro atoms. The molecular weight excluding hydrogens is 389 g/mol. The average molecular weight is 418 g/mol. The fourth-order valence-corrected chi connectivity index (χ4v) is 4.94. The van der Waals surface area contributed by atoms with Gasteiger partial charge in [0.25, 0.3) is 0 Å². The second kappa shape index (κ2) is 9.08. The molecule has 1 heterocycles. The Hall–Kier alpha value is -2.21. The molecule has 3 rings (SSSR count). The number of ether oxygens (including phenoxy) is 1. The number of rotatable bonds is 5. The molecule has 29 heavy (non-hydrogen) atoms. The fourth-order valence-electron chi connectivity index (χ4n) is 4.06. The van der Waals surface area contributed by atoms with Crippen molar-refractivity contribution in [2.45, 2.75) is 59.1 Å². The maximum Gasteiger partial charge on any atom is 0.302 e. The molecule has 0 N–H and O–H groups in total. The van der Waals surface area contributed by atoms with Gasteiger partial charge in [0.1, 0.15) is 11.9 Å².